The third-order valence-electron chi connectivity index (χ3n) is 2.82. The van der Waals surface area contributed by atoms with E-state index in [-0.39, 0.29) is 11.4 Å². The number of hydrogen-bond acceptors (Lipinski definition) is 3. The molecule has 0 spiro atoms. The van der Waals surface area contributed by atoms with Gasteiger partial charge in [-0.25, -0.2) is 4.39 Å². The van der Waals surface area contributed by atoms with E-state index in [1.807, 2.05) is 4.90 Å². The van der Waals surface area contributed by atoms with E-state index in [0.717, 1.165) is 19.6 Å². The van der Waals surface area contributed by atoms with Gasteiger partial charge < -0.3 is 15.4 Å². The number of nitrogens with one attached hydrogen (secondary N) is 1. The number of ether oxygens (including phenoxy) is 1. The fourth-order valence-electron chi connectivity index (χ4n) is 2.03. The van der Waals surface area contributed by atoms with Gasteiger partial charge in [-0.05, 0) is 18.6 Å². The van der Waals surface area contributed by atoms with Crippen molar-refractivity contribution >= 4 is 11.5 Å². The minimum atomic E-state index is -0.444. The molecule has 0 radical (unpaired) electrons. The van der Waals surface area contributed by atoms with Crippen molar-refractivity contribution in [3.8, 4) is 0 Å². The van der Waals surface area contributed by atoms with Crippen molar-refractivity contribution in [2.24, 2.45) is 5.73 Å². The molecule has 92 valence electrons. The maximum absolute atomic E-state index is 13.7. The first-order valence-corrected chi connectivity index (χ1v) is 5.66. The third-order valence-corrected chi connectivity index (χ3v) is 2.82. The van der Waals surface area contributed by atoms with E-state index in [0.29, 0.717) is 18.8 Å². The topological polar surface area (TPSA) is 62.3 Å². The zero-order valence-corrected chi connectivity index (χ0v) is 9.58. The lowest BCUT2D eigenvalue weighted by Gasteiger charge is -2.24. The van der Waals surface area contributed by atoms with Gasteiger partial charge in [-0.2, -0.15) is 0 Å². The highest BCUT2D eigenvalue weighted by atomic mass is 19.1. The van der Waals surface area contributed by atoms with Gasteiger partial charge in [0.1, 0.15) is 11.7 Å². The number of benzene rings is 1. The van der Waals surface area contributed by atoms with Crippen LogP contribution in [-0.4, -0.2) is 32.1 Å². The lowest BCUT2D eigenvalue weighted by Crippen LogP contribution is -2.29. The minimum Gasteiger partial charge on any atom is -0.384 e. The SMILES string of the molecule is N=C(N)c1c(F)cccc1N1CCCOCC1. The molecule has 0 unspecified atom stereocenters. The van der Waals surface area contributed by atoms with E-state index in [1.54, 1.807) is 12.1 Å². The molecule has 0 aliphatic carbocycles. The third kappa shape index (κ3) is 2.55. The summed E-state index contributed by atoms with van der Waals surface area (Å²) in [5.41, 5.74) is 6.32. The number of amidine groups is 1. The Bertz CT molecular complexity index is 414. The van der Waals surface area contributed by atoms with Crippen molar-refractivity contribution in [3.63, 3.8) is 0 Å². The minimum absolute atomic E-state index is 0.189. The molecule has 1 aliphatic rings. The Morgan fingerprint density at radius 1 is 1.35 bits per heavy atom. The molecular weight excluding hydrogens is 221 g/mol. The second-order valence-electron chi connectivity index (χ2n) is 4.00. The van der Waals surface area contributed by atoms with Crippen LogP contribution >= 0.6 is 0 Å². The summed E-state index contributed by atoms with van der Waals surface area (Å²) in [6, 6.07) is 4.77. The maximum Gasteiger partial charge on any atom is 0.136 e. The molecule has 1 aromatic rings. The second-order valence-corrected chi connectivity index (χ2v) is 4.00. The lowest BCUT2D eigenvalue weighted by molar-refractivity contribution is 0.152. The van der Waals surface area contributed by atoms with Crippen LogP contribution in [0.4, 0.5) is 10.1 Å². The van der Waals surface area contributed by atoms with Crippen molar-refractivity contribution in [2.75, 3.05) is 31.2 Å². The van der Waals surface area contributed by atoms with Crippen LogP contribution in [0.1, 0.15) is 12.0 Å². The summed E-state index contributed by atoms with van der Waals surface area (Å²) < 4.78 is 19.0. The number of halogens is 1. The van der Waals surface area contributed by atoms with Crippen molar-refractivity contribution in [1.29, 1.82) is 5.41 Å². The molecule has 0 aromatic heterocycles. The van der Waals surface area contributed by atoms with E-state index in [4.69, 9.17) is 15.9 Å². The maximum atomic E-state index is 13.7. The van der Waals surface area contributed by atoms with E-state index >= 15 is 0 Å². The molecule has 4 nitrogen and oxygen atoms in total. The molecule has 3 N–H and O–H groups in total. The van der Waals surface area contributed by atoms with E-state index in [1.165, 1.54) is 6.07 Å². The second kappa shape index (κ2) is 5.14. The number of nitrogens with zero attached hydrogens (tertiary/aromatic N) is 1. The molecule has 17 heavy (non-hydrogen) atoms. The van der Waals surface area contributed by atoms with Crippen LogP contribution in [-0.2, 0) is 4.74 Å². The van der Waals surface area contributed by atoms with Crippen LogP contribution in [0.2, 0.25) is 0 Å². The normalized spacial score (nSPS) is 16.6. The number of hydrogen-bond donors (Lipinski definition) is 2. The van der Waals surface area contributed by atoms with Crippen LogP contribution < -0.4 is 10.6 Å². The number of rotatable bonds is 2. The molecule has 0 amide bonds. The molecule has 0 saturated carbocycles. The van der Waals surface area contributed by atoms with Gasteiger partial charge in [0, 0.05) is 19.7 Å². The van der Waals surface area contributed by atoms with Gasteiger partial charge in [0.15, 0.2) is 0 Å². The number of anilines is 1. The first kappa shape index (κ1) is 11.9. The van der Waals surface area contributed by atoms with Crippen LogP contribution in [0.15, 0.2) is 18.2 Å². The summed E-state index contributed by atoms with van der Waals surface area (Å²) in [4.78, 5) is 2.02. The fraction of sp³-hybridized carbons (Fsp3) is 0.417. The molecule has 2 rings (SSSR count). The van der Waals surface area contributed by atoms with E-state index in [2.05, 4.69) is 0 Å². The van der Waals surface area contributed by atoms with Gasteiger partial charge in [0.05, 0.1) is 17.9 Å². The highest BCUT2D eigenvalue weighted by Crippen LogP contribution is 2.23. The average Bonchev–Trinajstić information content (AvgIpc) is 2.56. The van der Waals surface area contributed by atoms with Crippen molar-refractivity contribution < 1.29 is 9.13 Å². The van der Waals surface area contributed by atoms with Crippen LogP contribution in [0.5, 0.6) is 0 Å². The van der Waals surface area contributed by atoms with Crippen molar-refractivity contribution in [1.82, 2.24) is 0 Å². The predicted octanol–water partition coefficient (Wildman–Crippen LogP) is 1.34. The Morgan fingerprint density at radius 3 is 2.94 bits per heavy atom. The quantitative estimate of drug-likeness (QED) is 0.602. The Kier molecular flexibility index (Phi) is 3.58. The summed E-state index contributed by atoms with van der Waals surface area (Å²) >= 11 is 0. The summed E-state index contributed by atoms with van der Waals surface area (Å²) in [5, 5.41) is 7.47. The number of nitrogen functional groups attached to an aromatic ring is 1. The van der Waals surface area contributed by atoms with Crippen LogP contribution in [0.3, 0.4) is 0 Å². The summed E-state index contributed by atoms with van der Waals surface area (Å²) in [7, 11) is 0. The zero-order valence-electron chi connectivity index (χ0n) is 9.58. The first-order valence-electron chi connectivity index (χ1n) is 5.66. The van der Waals surface area contributed by atoms with Gasteiger partial charge >= 0.3 is 0 Å². The molecule has 1 saturated heterocycles. The monoisotopic (exact) mass is 237 g/mol. The van der Waals surface area contributed by atoms with Crippen LogP contribution in [0, 0.1) is 11.2 Å². The lowest BCUT2D eigenvalue weighted by atomic mass is 10.1. The highest BCUT2D eigenvalue weighted by molar-refractivity contribution is 6.00. The molecule has 1 aliphatic heterocycles. The molecule has 0 bridgehead atoms. The number of nitrogens with two attached hydrogens (primary N) is 1. The Morgan fingerprint density at radius 2 is 2.18 bits per heavy atom. The largest absolute Gasteiger partial charge is 0.384 e. The summed E-state index contributed by atoms with van der Waals surface area (Å²) in [5.74, 6) is -0.677. The molecule has 5 heteroatoms. The van der Waals surface area contributed by atoms with E-state index in [9.17, 15) is 4.39 Å². The first-order chi connectivity index (χ1) is 8.20. The van der Waals surface area contributed by atoms with Gasteiger partial charge in [0.25, 0.3) is 0 Å². The summed E-state index contributed by atoms with van der Waals surface area (Å²) in [6.07, 6.45) is 0.897. The molecule has 1 aromatic carbocycles. The Hall–Kier alpha value is -1.62. The standard InChI is InChI=1S/C12H16FN3O/c13-9-3-1-4-10(11(9)12(14)15)16-5-2-7-17-8-6-16/h1,3-4H,2,5-8H2,(H3,14,15). The van der Waals surface area contributed by atoms with Gasteiger partial charge in [-0.15, -0.1) is 0 Å². The highest BCUT2D eigenvalue weighted by Gasteiger charge is 2.17. The molecular formula is C12H16FN3O. The Labute approximate surface area is 99.7 Å². The summed E-state index contributed by atoms with van der Waals surface area (Å²) in [6.45, 7) is 2.84. The van der Waals surface area contributed by atoms with Gasteiger partial charge in [-0.3, -0.25) is 5.41 Å². The van der Waals surface area contributed by atoms with Crippen molar-refractivity contribution in [2.45, 2.75) is 6.42 Å². The smallest absolute Gasteiger partial charge is 0.136 e. The molecule has 1 heterocycles. The van der Waals surface area contributed by atoms with Crippen molar-refractivity contribution in [3.05, 3.63) is 29.6 Å². The van der Waals surface area contributed by atoms with E-state index < -0.39 is 5.82 Å². The van der Waals surface area contributed by atoms with Gasteiger partial charge in [0.2, 0.25) is 0 Å². The molecule has 1 fully saturated rings. The van der Waals surface area contributed by atoms with Crippen LogP contribution in [0.25, 0.3) is 0 Å². The Balaban J connectivity index is 2.36. The molecule has 0 atom stereocenters. The predicted molar refractivity (Wildman–Crippen MR) is 65.1 cm³/mol. The average molecular weight is 237 g/mol. The van der Waals surface area contributed by atoms with Gasteiger partial charge in [-0.1, -0.05) is 6.07 Å². The zero-order chi connectivity index (χ0) is 12.3. The fourth-order valence-corrected chi connectivity index (χ4v) is 2.03.